The first-order valence-electron chi connectivity index (χ1n) is 9.48. The summed E-state index contributed by atoms with van der Waals surface area (Å²) in [6, 6.07) is 7.75. The van der Waals surface area contributed by atoms with E-state index < -0.39 is 0 Å². The quantitative estimate of drug-likeness (QED) is 0.639. The van der Waals surface area contributed by atoms with Gasteiger partial charge in [0.2, 0.25) is 5.95 Å². The van der Waals surface area contributed by atoms with Gasteiger partial charge >= 0.3 is 0 Å². The molecule has 6 nitrogen and oxygen atoms in total. The molecule has 1 aliphatic rings. The first kappa shape index (κ1) is 19.0. The van der Waals surface area contributed by atoms with E-state index in [2.05, 4.69) is 26.7 Å². The lowest BCUT2D eigenvalue weighted by Crippen LogP contribution is -2.09. The van der Waals surface area contributed by atoms with Crippen LogP contribution in [-0.4, -0.2) is 30.7 Å². The van der Waals surface area contributed by atoms with E-state index in [4.69, 9.17) is 9.47 Å². The molecule has 0 aliphatic heterocycles. The fourth-order valence-electron chi connectivity index (χ4n) is 3.19. The lowest BCUT2D eigenvalue weighted by Gasteiger charge is -2.13. The number of nitrogens with zero attached hydrogens (tertiary/aromatic N) is 2. The van der Waals surface area contributed by atoms with Gasteiger partial charge in [-0.1, -0.05) is 17.7 Å². The van der Waals surface area contributed by atoms with E-state index in [-0.39, 0.29) is 0 Å². The first-order chi connectivity index (χ1) is 13.3. The van der Waals surface area contributed by atoms with Gasteiger partial charge in [0, 0.05) is 19.3 Å². The average Bonchev–Trinajstić information content (AvgIpc) is 2.73. The summed E-state index contributed by atoms with van der Waals surface area (Å²) in [5.41, 5.74) is 2.64. The lowest BCUT2D eigenvalue weighted by molar-refractivity contribution is 0.354. The highest BCUT2D eigenvalue weighted by atomic mass is 16.5. The second kappa shape index (κ2) is 9.80. The van der Waals surface area contributed by atoms with Crippen LogP contribution in [0.1, 0.15) is 37.7 Å². The molecule has 0 fully saturated rings. The van der Waals surface area contributed by atoms with E-state index in [1.54, 1.807) is 26.0 Å². The second-order valence-electron chi connectivity index (χ2n) is 6.59. The van der Waals surface area contributed by atoms with Gasteiger partial charge in [-0.2, -0.15) is 4.98 Å². The van der Waals surface area contributed by atoms with E-state index >= 15 is 0 Å². The molecule has 1 aromatic heterocycles. The van der Waals surface area contributed by atoms with Crippen LogP contribution in [0.15, 0.2) is 42.1 Å². The normalized spacial score (nSPS) is 13.6. The average molecular weight is 368 g/mol. The van der Waals surface area contributed by atoms with Crippen LogP contribution in [0, 0.1) is 0 Å². The molecule has 2 N–H and O–H groups in total. The van der Waals surface area contributed by atoms with Crippen molar-refractivity contribution in [2.24, 2.45) is 0 Å². The molecule has 1 aromatic carbocycles. The summed E-state index contributed by atoms with van der Waals surface area (Å²) in [6.07, 6.45) is 10.3. The Bertz CT molecular complexity index is 777. The van der Waals surface area contributed by atoms with Crippen molar-refractivity contribution < 1.29 is 9.47 Å². The highest BCUT2D eigenvalue weighted by molar-refractivity contribution is 5.45. The lowest BCUT2D eigenvalue weighted by atomic mass is 9.97. The number of methoxy groups -OCH3 is 2. The van der Waals surface area contributed by atoms with Gasteiger partial charge in [0.05, 0.1) is 14.2 Å². The Morgan fingerprint density at radius 2 is 1.93 bits per heavy atom. The number of hydrogen-bond acceptors (Lipinski definition) is 6. The van der Waals surface area contributed by atoms with Crippen LogP contribution in [0.4, 0.5) is 11.8 Å². The van der Waals surface area contributed by atoms with Crippen LogP contribution in [0.3, 0.4) is 0 Å². The Kier molecular flexibility index (Phi) is 6.90. The molecule has 0 bridgehead atoms. The van der Waals surface area contributed by atoms with E-state index in [0.29, 0.717) is 12.5 Å². The Labute approximate surface area is 161 Å². The van der Waals surface area contributed by atoms with Gasteiger partial charge in [-0.15, -0.1) is 0 Å². The number of rotatable bonds is 9. The van der Waals surface area contributed by atoms with Crippen molar-refractivity contribution in [3.05, 3.63) is 47.7 Å². The standard InChI is InChI=1S/C21H28N4O2/c1-26-18-9-8-17(14-19(18)27-2)15-24-20-11-13-23-21(25-20)22-12-10-16-6-4-3-5-7-16/h6,8-9,11,13-14H,3-5,7,10,12,15H2,1-2H3,(H2,22,23,24,25). The molecule has 0 amide bonds. The third-order valence-electron chi connectivity index (χ3n) is 4.69. The van der Waals surface area contributed by atoms with Gasteiger partial charge in [0.15, 0.2) is 11.5 Å². The minimum Gasteiger partial charge on any atom is -0.493 e. The molecule has 0 atom stereocenters. The SMILES string of the molecule is COc1ccc(CNc2ccnc(NCCC3=CCCCC3)n2)cc1OC. The van der Waals surface area contributed by atoms with Crippen molar-refractivity contribution in [1.82, 2.24) is 9.97 Å². The molecular formula is C21H28N4O2. The number of hydrogen-bond donors (Lipinski definition) is 2. The van der Waals surface area contributed by atoms with Gasteiger partial charge in [-0.3, -0.25) is 0 Å². The van der Waals surface area contributed by atoms with Crippen LogP contribution in [0.25, 0.3) is 0 Å². The topological polar surface area (TPSA) is 68.3 Å². The van der Waals surface area contributed by atoms with E-state index in [9.17, 15) is 0 Å². The number of nitrogens with one attached hydrogen (secondary N) is 2. The molecule has 0 saturated carbocycles. The van der Waals surface area contributed by atoms with Crippen LogP contribution in [0.2, 0.25) is 0 Å². The third kappa shape index (κ3) is 5.61. The summed E-state index contributed by atoms with van der Waals surface area (Å²) in [6.45, 7) is 1.51. The number of anilines is 2. The maximum absolute atomic E-state index is 5.35. The minimum atomic E-state index is 0.643. The number of aromatic nitrogens is 2. The van der Waals surface area contributed by atoms with Crippen LogP contribution < -0.4 is 20.1 Å². The Morgan fingerprint density at radius 3 is 2.70 bits per heavy atom. The zero-order valence-electron chi connectivity index (χ0n) is 16.1. The molecule has 3 rings (SSSR count). The summed E-state index contributed by atoms with van der Waals surface area (Å²) in [5.74, 6) is 2.89. The number of allylic oxidation sites excluding steroid dienone is 1. The highest BCUT2D eigenvalue weighted by Gasteiger charge is 2.06. The third-order valence-corrected chi connectivity index (χ3v) is 4.69. The van der Waals surface area contributed by atoms with Crippen LogP contribution in [-0.2, 0) is 6.54 Å². The van der Waals surface area contributed by atoms with Gasteiger partial charge in [0.25, 0.3) is 0 Å². The number of ether oxygens (including phenoxy) is 2. The van der Waals surface area contributed by atoms with Crippen molar-refractivity contribution in [3.8, 4) is 11.5 Å². The van der Waals surface area contributed by atoms with Crippen molar-refractivity contribution in [2.45, 2.75) is 38.6 Å². The molecule has 144 valence electrons. The Morgan fingerprint density at radius 1 is 1.04 bits per heavy atom. The largest absolute Gasteiger partial charge is 0.493 e. The monoisotopic (exact) mass is 368 g/mol. The second-order valence-corrected chi connectivity index (χ2v) is 6.59. The summed E-state index contributed by atoms with van der Waals surface area (Å²) in [5, 5.41) is 6.66. The Hall–Kier alpha value is -2.76. The van der Waals surface area contributed by atoms with Crippen molar-refractivity contribution in [3.63, 3.8) is 0 Å². The fourth-order valence-corrected chi connectivity index (χ4v) is 3.19. The molecule has 6 heteroatoms. The van der Waals surface area contributed by atoms with Gasteiger partial charge < -0.3 is 20.1 Å². The molecule has 0 saturated heterocycles. The minimum absolute atomic E-state index is 0.643. The fraction of sp³-hybridized carbons (Fsp3) is 0.429. The zero-order chi connectivity index (χ0) is 18.9. The molecule has 0 radical (unpaired) electrons. The molecule has 2 aromatic rings. The van der Waals surface area contributed by atoms with Gasteiger partial charge in [-0.05, 0) is 55.9 Å². The first-order valence-corrected chi connectivity index (χ1v) is 9.48. The number of benzene rings is 1. The molecule has 1 heterocycles. The smallest absolute Gasteiger partial charge is 0.224 e. The molecule has 0 unspecified atom stereocenters. The summed E-state index contributed by atoms with van der Waals surface area (Å²) < 4.78 is 10.6. The van der Waals surface area contributed by atoms with E-state index in [0.717, 1.165) is 35.8 Å². The van der Waals surface area contributed by atoms with E-state index in [1.165, 1.54) is 25.7 Å². The Balaban J connectivity index is 1.52. The molecule has 0 spiro atoms. The van der Waals surface area contributed by atoms with Crippen molar-refractivity contribution in [1.29, 1.82) is 0 Å². The summed E-state index contributed by atoms with van der Waals surface area (Å²) >= 11 is 0. The van der Waals surface area contributed by atoms with Crippen LogP contribution in [0.5, 0.6) is 11.5 Å². The maximum Gasteiger partial charge on any atom is 0.224 e. The maximum atomic E-state index is 5.35. The zero-order valence-corrected chi connectivity index (χ0v) is 16.1. The van der Waals surface area contributed by atoms with Crippen molar-refractivity contribution in [2.75, 3.05) is 31.4 Å². The highest BCUT2D eigenvalue weighted by Crippen LogP contribution is 2.27. The summed E-state index contributed by atoms with van der Waals surface area (Å²) in [7, 11) is 3.27. The predicted octanol–water partition coefficient (Wildman–Crippen LogP) is 4.41. The van der Waals surface area contributed by atoms with Crippen LogP contribution >= 0.6 is 0 Å². The van der Waals surface area contributed by atoms with E-state index in [1.807, 2.05) is 24.3 Å². The summed E-state index contributed by atoms with van der Waals surface area (Å²) in [4.78, 5) is 8.85. The van der Waals surface area contributed by atoms with Gasteiger partial charge in [-0.25, -0.2) is 4.98 Å². The molecule has 1 aliphatic carbocycles. The van der Waals surface area contributed by atoms with Crippen molar-refractivity contribution >= 4 is 11.8 Å². The predicted molar refractivity (Wildman–Crippen MR) is 109 cm³/mol. The molecular weight excluding hydrogens is 340 g/mol. The van der Waals surface area contributed by atoms with Gasteiger partial charge in [0.1, 0.15) is 5.82 Å². The molecule has 27 heavy (non-hydrogen) atoms.